The molecule has 1 aromatic rings. The molecule has 0 aliphatic rings. The van der Waals surface area contributed by atoms with Gasteiger partial charge in [0.15, 0.2) is 0 Å². The van der Waals surface area contributed by atoms with E-state index in [9.17, 15) is 4.79 Å². The molecule has 0 aliphatic carbocycles. The lowest BCUT2D eigenvalue weighted by Gasteiger charge is -2.21. The second kappa shape index (κ2) is 5.19. The van der Waals surface area contributed by atoms with Crippen LogP contribution < -0.4 is 11.3 Å². The van der Waals surface area contributed by atoms with Gasteiger partial charge >= 0.3 is 0 Å². The monoisotopic (exact) mass is 224 g/mol. The highest BCUT2D eigenvalue weighted by molar-refractivity contribution is 7.99. The Kier molecular flexibility index (Phi) is 4.17. The SMILES string of the molecule is CC(C)(CSc1ccccc1)C(=O)NN. The molecule has 82 valence electrons. The van der Waals surface area contributed by atoms with Gasteiger partial charge in [-0.1, -0.05) is 32.0 Å². The summed E-state index contributed by atoms with van der Waals surface area (Å²) in [6.45, 7) is 3.76. The van der Waals surface area contributed by atoms with E-state index in [1.54, 1.807) is 11.8 Å². The van der Waals surface area contributed by atoms with Crippen molar-refractivity contribution in [3.8, 4) is 0 Å². The third-order valence-electron chi connectivity index (χ3n) is 2.09. The number of benzene rings is 1. The summed E-state index contributed by atoms with van der Waals surface area (Å²) in [6.07, 6.45) is 0. The fraction of sp³-hybridized carbons (Fsp3) is 0.364. The number of thioether (sulfide) groups is 1. The lowest BCUT2D eigenvalue weighted by molar-refractivity contribution is -0.128. The third-order valence-corrected chi connectivity index (χ3v) is 3.56. The van der Waals surface area contributed by atoms with E-state index in [0.29, 0.717) is 5.75 Å². The first-order chi connectivity index (χ1) is 7.06. The Morgan fingerprint density at radius 2 is 2.00 bits per heavy atom. The molecule has 0 radical (unpaired) electrons. The van der Waals surface area contributed by atoms with Crippen molar-refractivity contribution in [3.05, 3.63) is 30.3 Å². The first kappa shape index (κ1) is 12.1. The Morgan fingerprint density at radius 1 is 1.40 bits per heavy atom. The molecule has 0 spiro atoms. The Balaban J connectivity index is 2.53. The molecule has 0 heterocycles. The highest BCUT2D eigenvalue weighted by atomic mass is 32.2. The Morgan fingerprint density at radius 3 is 2.53 bits per heavy atom. The normalized spacial score (nSPS) is 11.1. The first-order valence-electron chi connectivity index (χ1n) is 4.75. The van der Waals surface area contributed by atoms with Crippen molar-refractivity contribution in [2.45, 2.75) is 18.7 Å². The average Bonchev–Trinajstić information content (AvgIpc) is 2.27. The van der Waals surface area contributed by atoms with Crippen LogP contribution in [0.25, 0.3) is 0 Å². The van der Waals surface area contributed by atoms with Crippen molar-refractivity contribution in [1.29, 1.82) is 0 Å². The van der Waals surface area contributed by atoms with E-state index in [4.69, 9.17) is 5.84 Å². The van der Waals surface area contributed by atoms with Crippen LogP contribution in [0.3, 0.4) is 0 Å². The summed E-state index contributed by atoms with van der Waals surface area (Å²) in [4.78, 5) is 12.6. The lowest BCUT2D eigenvalue weighted by atomic mass is 9.96. The minimum Gasteiger partial charge on any atom is -0.294 e. The summed E-state index contributed by atoms with van der Waals surface area (Å²) in [5, 5.41) is 0. The smallest absolute Gasteiger partial charge is 0.240 e. The summed E-state index contributed by atoms with van der Waals surface area (Å²) in [6, 6.07) is 10.0. The molecule has 3 nitrogen and oxygen atoms in total. The Bertz CT molecular complexity index is 325. The van der Waals surface area contributed by atoms with Gasteiger partial charge in [-0.05, 0) is 12.1 Å². The van der Waals surface area contributed by atoms with Crippen LogP contribution in [-0.2, 0) is 4.79 Å². The van der Waals surface area contributed by atoms with Crippen LogP contribution in [0.1, 0.15) is 13.8 Å². The number of carbonyl (C=O) groups is 1. The number of hydrogen-bond donors (Lipinski definition) is 2. The van der Waals surface area contributed by atoms with Crippen molar-refractivity contribution >= 4 is 17.7 Å². The summed E-state index contributed by atoms with van der Waals surface area (Å²) in [5.74, 6) is 5.69. The molecule has 0 saturated carbocycles. The van der Waals surface area contributed by atoms with E-state index in [1.165, 1.54) is 0 Å². The number of hydrogen-bond acceptors (Lipinski definition) is 3. The van der Waals surface area contributed by atoms with Crippen LogP contribution in [0.15, 0.2) is 35.2 Å². The van der Waals surface area contributed by atoms with Crippen LogP contribution >= 0.6 is 11.8 Å². The van der Waals surface area contributed by atoms with Crippen molar-refractivity contribution in [3.63, 3.8) is 0 Å². The molecule has 1 aromatic carbocycles. The number of nitrogens with one attached hydrogen (secondary N) is 1. The highest BCUT2D eigenvalue weighted by Gasteiger charge is 2.26. The number of carbonyl (C=O) groups excluding carboxylic acids is 1. The fourth-order valence-electron chi connectivity index (χ4n) is 1.04. The summed E-state index contributed by atoms with van der Waals surface area (Å²) >= 11 is 1.65. The zero-order chi connectivity index (χ0) is 11.3. The molecule has 0 aliphatic heterocycles. The van der Waals surface area contributed by atoms with Gasteiger partial charge in [0, 0.05) is 10.6 Å². The molecule has 0 aromatic heterocycles. The van der Waals surface area contributed by atoms with Gasteiger partial charge in [-0.25, -0.2) is 5.84 Å². The molecule has 15 heavy (non-hydrogen) atoms. The molecule has 0 unspecified atom stereocenters. The highest BCUT2D eigenvalue weighted by Crippen LogP contribution is 2.27. The van der Waals surface area contributed by atoms with E-state index in [1.807, 2.05) is 44.2 Å². The van der Waals surface area contributed by atoms with Gasteiger partial charge in [-0.2, -0.15) is 0 Å². The van der Waals surface area contributed by atoms with Gasteiger partial charge < -0.3 is 0 Å². The molecule has 0 atom stereocenters. The molecular weight excluding hydrogens is 208 g/mol. The average molecular weight is 224 g/mol. The largest absolute Gasteiger partial charge is 0.294 e. The van der Waals surface area contributed by atoms with Crippen LogP contribution in [-0.4, -0.2) is 11.7 Å². The van der Waals surface area contributed by atoms with Gasteiger partial charge in [0.2, 0.25) is 5.91 Å². The van der Waals surface area contributed by atoms with Gasteiger partial charge in [0.1, 0.15) is 0 Å². The van der Waals surface area contributed by atoms with Crippen LogP contribution in [0.4, 0.5) is 0 Å². The molecule has 0 fully saturated rings. The van der Waals surface area contributed by atoms with E-state index >= 15 is 0 Å². The standard InChI is InChI=1S/C11H16N2OS/c1-11(2,10(14)13-12)8-15-9-6-4-3-5-7-9/h3-7H,8,12H2,1-2H3,(H,13,14). The summed E-state index contributed by atoms with van der Waals surface area (Å²) in [7, 11) is 0. The molecule has 1 amide bonds. The maximum absolute atomic E-state index is 11.4. The Labute approximate surface area is 94.4 Å². The topological polar surface area (TPSA) is 55.1 Å². The van der Waals surface area contributed by atoms with Crippen molar-refractivity contribution in [2.75, 3.05) is 5.75 Å². The first-order valence-corrected chi connectivity index (χ1v) is 5.74. The minimum atomic E-state index is -0.449. The van der Waals surface area contributed by atoms with Gasteiger partial charge in [-0.3, -0.25) is 10.2 Å². The maximum atomic E-state index is 11.4. The van der Waals surface area contributed by atoms with E-state index in [2.05, 4.69) is 5.43 Å². The van der Waals surface area contributed by atoms with Crippen LogP contribution in [0.5, 0.6) is 0 Å². The van der Waals surface area contributed by atoms with Crippen molar-refractivity contribution in [2.24, 2.45) is 11.3 Å². The van der Waals surface area contributed by atoms with E-state index < -0.39 is 5.41 Å². The molecule has 0 saturated heterocycles. The minimum absolute atomic E-state index is 0.133. The van der Waals surface area contributed by atoms with Crippen molar-refractivity contribution in [1.82, 2.24) is 5.43 Å². The van der Waals surface area contributed by atoms with E-state index in [-0.39, 0.29) is 5.91 Å². The summed E-state index contributed by atoms with van der Waals surface area (Å²) < 4.78 is 0. The second-order valence-corrected chi connectivity index (χ2v) is 5.01. The predicted molar refractivity (Wildman–Crippen MR) is 63.3 cm³/mol. The zero-order valence-electron chi connectivity index (χ0n) is 8.99. The number of nitrogens with two attached hydrogens (primary N) is 1. The van der Waals surface area contributed by atoms with Crippen LogP contribution in [0, 0.1) is 5.41 Å². The number of hydrazine groups is 1. The molecule has 0 bridgehead atoms. The maximum Gasteiger partial charge on any atom is 0.240 e. The number of rotatable bonds is 4. The van der Waals surface area contributed by atoms with Gasteiger partial charge in [0.05, 0.1) is 5.41 Å². The van der Waals surface area contributed by atoms with Gasteiger partial charge in [0.25, 0.3) is 0 Å². The Hall–Kier alpha value is -1.00. The molecule has 4 heteroatoms. The van der Waals surface area contributed by atoms with Gasteiger partial charge in [-0.15, -0.1) is 11.8 Å². The third kappa shape index (κ3) is 3.57. The fourth-order valence-corrected chi connectivity index (χ4v) is 2.05. The number of amides is 1. The quantitative estimate of drug-likeness (QED) is 0.355. The van der Waals surface area contributed by atoms with E-state index in [0.717, 1.165) is 4.90 Å². The lowest BCUT2D eigenvalue weighted by Crippen LogP contribution is -2.42. The van der Waals surface area contributed by atoms with Crippen molar-refractivity contribution < 1.29 is 4.79 Å². The predicted octanol–water partition coefficient (Wildman–Crippen LogP) is 1.79. The molecular formula is C11H16N2OS. The van der Waals surface area contributed by atoms with Crippen LogP contribution in [0.2, 0.25) is 0 Å². The second-order valence-electron chi connectivity index (χ2n) is 3.96. The molecule has 1 rings (SSSR count). The zero-order valence-corrected chi connectivity index (χ0v) is 9.80. The summed E-state index contributed by atoms with van der Waals surface area (Å²) in [5.41, 5.74) is 1.74. The molecule has 3 N–H and O–H groups in total.